The van der Waals surface area contributed by atoms with Crippen molar-refractivity contribution >= 4 is 34.0 Å². The van der Waals surface area contributed by atoms with Gasteiger partial charge in [-0.3, -0.25) is 9.59 Å². The quantitative estimate of drug-likeness (QED) is 0.427. The summed E-state index contributed by atoms with van der Waals surface area (Å²) in [6.45, 7) is 8.10. The molecule has 3 aliphatic rings. The number of esters is 1. The molecule has 0 bridgehead atoms. The normalized spacial score (nSPS) is 20.1. The second-order valence-electron chi connectivity index (χ2n) is 11.3. The zero-order chi connectivity index (χ0) is 27.9. The van der Waals surface area contributed by atoms with E-state index in [-0.39, 0.29) is 23.7 Å². The molecule has 1 aliphatic heterocycles. The molecule has 5 rings (SSSR count). The van der Waals surface area contributed by atoms with Gasteiger partial charge in [0.1, 0.15) is 10.8 Å². The van der Waals surface area contributed by atoms with E-state index in [4.69, 9.17) is 9.47 Å². The summed E-state index contributed by atoms with van der Waals surface area (Å²) < 4.78 is 10.9. The van der Waals surface area contributed by atoms with Crippen molar-refractivity contribution in [1.29, 1.82) is 0 Å². The summed E-state index contributed by atoms with van der Waals surface area (Å²) in [5.41, 5.74) is 4.78. The van der Waals surface area contributed by atoms with Crippen molar-refractivity contribution in [1.82, 2.24) is 5.32 Å². The molecule has 2 aliphatic carbocycles. The Morgan fingerprint density at radius 2 is 1.95 bits per heavy atom. The number of hydrogen-bond donors (Lipinski definition) is 2. The van der Waals surface area contributed by atoms with Crippen LogP contribution in [-0.2, 0) is 27.2 Å². The summed E-state index contributed by atoms with van der Waals surface area (Å²) in [7, 11) is 1.60. The van der Waals surface area contributed by atoms with Gasteiger partial charge in [-0.1, -0.05) is 26.0 Å². The number of aryl methyl sites for hydroxylation is 1. The Bertz CT molecular complexity index is 1410. The summed E-state index contributed by atoms with van der Waals surface area (Å²) in [4.78, 5) is 41.9. The number of Topliss-reactive ketones (excluding diaryl/α,β-unsaturated/α-hetero) is 1. The molecule has 0 saturated carbocycles. The van der Waals surface area contributed by atoms with Gasteiger partial charge in [0.05, 0.1) is 19.3 Å². The van der Waals surface area contributed by atoms with Gasteiger partial charge in [-0.2, -0.15) is 0 Å². The smallest absolute Gasteiger partial charge is 0.341 e. The number of dihydropyridines is 1. The van der Waals surface area contributed by atoms with Gasteiger partial charge in [0.15, 0.2) is 5.78 Å². The highest BCUT2D eigenvalue weighted by atomic mass is 32.1. The molecule has 2 heterocycles. The minimum atomic E-state index is -0.555. The first-order valence-corrected chi connectivity index (χ1v) is 14.5. The van der Waals surface area contributed by atoms with Crippen molar-refractivity contribution in [3.63, 3.8) is 0 Å². The average Bonchev–Trinajstić information content (AvgIpc) is 3.25. The number of methoxy groups -OCH3 is 1. The van der Waals surface area contributed by atoms with E-state index in [0.717, 1.165) is 47.4 Å². The van der Waals surface area contributed by atoms with E-state index >= 15 is 0 Å². The standard InChI is InChI=1S/C31H36N2O5S/c1-6-38-30(36)26-20-12-7-8-13-23(20)39-29(26)33-28(35)24-17(2)32-21-15-31(3,4)16-22(34)27(21)25(24)18-10-9-11-19(14-18)37-5/h9-11,14,25,32H,6-8,12-13,15-16H2,1-5H3,(H,33,35)/t25-/m0/s1. The highest BCUT2D eigenvalue weighted by Gasteiger charge is 2.43. The molecule has 0 fully saturated rings. The van der Waals surface area contributed by atoms with Crippen LogP contribution in [0.15, 0.2) is 46.8 Å². The van der Waals surface area contributed by atoms with Crippen LogP contribution in [0.4, 0.5) is 5.00 Å². The predicted octanol–water partition coefficient (Wildman–Crippen LogP) is 6.05. The lowest BCUT2D eigenvalue weighted by molar-refractivity contribution is -0.118. The molecular formula is C31H36N2O5S. The first kappa shape index (κ1) is 27.2. The Labute approximate surface area is 233 Å². The third kappa shape index (κ3) is 5.14. The van der Waals surface area contributed by atoms with Crippen LogP contribution >= 0.6 is 11.3 Å². The molecule has 7 nitrogen and oxygen atoms in total. The first-order chi connectivity index (χ1) is 18.6. The number of ketones is 1. The van der Waals surface area contributed by atoms with Gasteiger partial charge < -0.3 is 20.1 Å². The molecular weight excluding hydrogens is 512 g/mol. The summed E-state index contributed by atoms with van der Waals surface area (Å²) in [6, 6.07) is 7.56. The van der Waals surface area contributed by atoms with Crippen LogP contribution in [0.25, 0.3) is 0 Å². The van der Waals surface area contributed by atoms with Crippen molar-refractivity contribution in [3.05, 3.63) is 68.4 Å². The number of carbonyl (C=O) groups excluding carboxylic acids is 3. The topological polar surface area (TPSA) is 93.7 Å². The molecule has 1 amide bonds. The zero-order valence-electron chi connectivity index (χ0n) is 23.3. The zero-order valence-corrected chi connectivity index (χ0v) is 24.1. The number of thiophene rings is 1. The van der Waals surface area contributed by atoms with Gasteiger partial charge in [-0.25, -0.2) is 4.79 Å². The molecule has 1 aromatic heterocycles. The number of hydrogen-bond acceptors (Lipinski definition) is 7. The SMILES string of the molecule is CCOC(=O)c1c(NC(=O)C2=C(C)NC3=C(C(=O)CC(C)(C)C3)[C@H]2c2cccc(OC)c2)sc2c1CCCC2. The summed E-state index contributed by atoms with van der Waals surface area (Å²) >= 11 is 1.46. The largest absolute Gasteiger partial charge is 0.497 e. The molecule has 206 valence electrons. The first-order valence-electron chi connectivity index (χ1n) is 13.6. The molecule has 0 unspecified atom stereocenters. The van der Waals surface area contributed by atoms with Crippen molar-refractivity contribution in [2.45, 2.75) is 72.1 Å². The van der Waals surface area contributed by atoms with E-state index in [1.807, 2.05) is 31.2 Å². The minimum absolute atomic E-state index is 0.0400. The van der Waals surface area contributed by atoms with Crippen LogP contribution in [0.5, 0.6) is 5.75 Å². The number of carbonyl (C=O) groups is 3. The fourth-order valence-corrected chi connectivity index (χ4v) is 7.41. The molecule has 8 heteroatoms. The molecule has 0 radical (unpaired) electrons. The number of allylic oxidation sites excluding steroid dienone is 3. The maximum atomic E-state index is 14.2. The molecule has 0 spiro atoms. The van der Waals surface area contributed by atoms with Gasteiger partial charge in [0.25, 0.3) is 5.91 Å². The summed E-state index contributed by atoms with van der Waals surface area (Å²) in [5, 5.41) is 7.01. The van der Waals surface area contributed by atoms with Gasteiger partial charge in [-0.15, -0.1) is 11.3 Å². The third-order valence-electron chi connectivity index (χ3n) is 7.79. The number of fused-ring (bicyclic) bond motifs is 1. The molecule has 1 atom stereocenters. The van der Waals surface area contributed by atoms with Crippen LogP contribution in [0.2, 0.25) is 0 Å². The Kier molecular flexibility index (Phi) is 7.42. The highest BCUT2D eigenvalue weighted by Crippen LogP contribution is 2.47. The third-order valence-corrected chi connectivity index (χ3v) is 9.00. The molecule has 1 aromatic carbocycles. The van der Waals surface area contributed by atoms with Crippen molar-refractivity contribution in [3.8, 4) is 5.75 Å². The lowest BCUT2D eigenvalue weighted by Gasteiger charge is -2.39. The minimum Gasteiger partial charge on any atom is -0.497 e. The van der Waals surface area contributed by atoms with Gasteiger partial charge >= 0.3 is 5.97 Å². The maximum absolute atomic E-state index is 14.2. The van der Waals surface area contributed by atoms with Gasteiger partial charge in [-0.05, 0) is 74.6 Å². The number of rotatable bonds is 6. The second-order valence-corrected chi connectivity index (χ2v) is 12.4. The Morgan fingerprint density at radius 1 is 1.18 bits per heavy atom. The van der Waals surface area contributed by atoms with E-state index in [2.05, 4.69) is 24.5 Å². The van der Waals surface area contributed by atoms with E-state index in [9.17, 15) is 14.4 Å². The van der Waals surface area contributed by atoms with Crippen LogP contribution in [0, 0.1) is 5.41 Å². The summed E-state index contributed by atoms with van der Waals surface area (Å²) in [6.07, 6.45) is 4.87. The van der Waals surface area contributed by atoms with Crippen LogP contribution in [-0.4, -0.2) is 31.4 Å². The van der Waals surface area contributed by atoms with E-state index < -0.39 is 11.9 Å². The number of benzene rings is 1. The lowest BCUT2D eigenvalue weighted by atomic mass is 9.68. The lowest BCUT2D eigenvalue weighted by Crippen LogP contribution is -2.39. The number of ether oxygens (including phenoxy) is 2. The Morgan fingerprint density at radius 3 is 2.69 bits per heavy atom. The van der Waals surface area contributed by atoms with Crippen molar-refractivity contribution in [2.24, 2.45) is 5.41 Å². The highest BCUT2D eigenvalue weighted by molar-refractivity contribution is 7.17. The van der Waals surface area contributed by atoms with Crippen LogP contribution in [0.1, 0.15) is 85.7 Å². The Balaban J connectivity index is 1.59. The second kappa shape index (κ2) is 10.6. The number of nitrogens with one attached hydrogen (secondary N) is 2. The summed E-state index contributed by atoms with van der Waals surface area (Å²) in [5.74, 6) is -0.594. The van der Waals surface area contributed by atoms with E-state index in [1.165, 1.54) is 11.3 Å². The Hall–Kier alpha value is -3.39. The average molecular weight is 549 g/mol. The number of anilines is 1. The fourth-order valence-electron chi connectivity index (χ4n) is 6.14. The van der Waals surface area contributed by atoms with Gasteiger partial charge in [0.2, 0.25) is 0 Å². The van der Waals surface area contributed by atoms with Crippen LogP contribution < -0.4 is 15.4 Å². The van der Waals surface area contributed by atoms with Crippen LogP contribution in [0.3, 0.4) is 0 Å². The van der Waals surface area contributed by atoms with Gasteiger partial charge in [0, 0.05) is 39.8 Å². The molecule has 2 aromatic rings. The van der Waals surface area contributed by atoms with Crippen molar-refractivity contribution < 1.29 is 23.9 Å². The number of amides is 1. The predicted molar refractivity (Wildman–Crippen MR) is 152 cm³/mol. The van der Waals surface area contributed by atoms with E-state index in [1.54, 1.807) is 14.0 Å². The monoisotopic (exact) mass is 548 g/mol. The molecule has 0 saturated heterocycles. The molecule has 2 N–H and O–H groups in total. The maximum Gasteiger partial charge on any atom is 0.341 e. The fraction of sp³-hybridized carbons (Fsp3) is 0.452. The van der Waals surface area contributed by atoms with E-state index in [0.29, 0.717) is 46.0 Å². The molecule has 39 heavy (non-hydrogen) atoms. The van der Waals surface area contributed by atoms with Crippen molar-refractivity contribution in [2.75, 3.05) is 19.0 Å².